The van der Waals surface area contributed by atoms with Gasteiger partial charge in [-0.2, -0.15) is 4.98 Å². The molecule has 2 aliphatic heterocycles. The van der Waals surface area contributed by atoms with Crippen molar-refractivity contribution in [3.05, 3.63) is 83.0 Å². The Labute approximate surface area is 267 Å². The van der Waals surface area contributed by atoms with Crippen molar-refractivity contribution in [1.29, 1.82) is 5.41 Å². The van der Waals surface area contributed by atoms with Gasteiger partial charge in [0.1, 0.15) is 16.9 Å². The first-order valence-corrected chi connectivity index (χ1v) is 16.6. The molecule has 1 saturated carbocycles. The maximum Gasteiger partial charge on any atom is 0.280 e. The fourth-order valence-electron chi connectivity index (χ4n) is 6.23. The summed E-state index contributed by atoms with van der Waals surface area (Å²) in [6, 6.07) is 18.5. The topological polar surface area (TPSA) is 132 Å². The molecule has 0 unspecified atom stereocenters. The van der Waals surface area contributed by atoms with E-state index in [9.17, 15) is 19.8 Å². The van der Waals surface area contributed by atoms with Crippen LogP contribution < -0.4 is 14.9 Å². The summed E-state index contributed by atoms with van der Waals surface area (Å²) < 4.78 is 8.29. The number of fused-ring (bicyclic) bond motifs is 1. The highest BCUT2D eigenvalue weighted by Crippen LogP contribution is 2.37. The molecule has 0 atom stereocenters. The van der Waals surface area contributed by atoms with Gasteiger partial charge in [-0.1, -0.05) is 36.8 Å². The van der Waals surface area contributed by atoms with Crippen molar-refractivity contribution in [2.45, 2.75) is 32.1 Å². The van der Waals surface area contributed by atoms with Gasteiger partial charge in [-0.25, -0.2) is 0 Å². The maximum atomic E-state index is 13.6. The number of hydrogen-bond donors (Lipinski definition) is 3. The Hall–Kier alpha value is -4.06. The summed E-state index contributed by atoms with van der Waals surface area (Å²) >= 11 is 1.15. The highest BCUT2D eigenvalue weighted by atomic mass is 32.2. The number of imide groups is 1. The number of nitrogens with zero attached hydrogens (tertiary/aromatic N) is 3. The molecule has 3 amide bonds. The van der Waals surface area contributed by atoms with Crippen molar-refractivity contribution in [3.8, 4) is 0 Å². The third-order valence-electron chi connectivity index (χ3n) is 8.96. The molecule has 0 radical (unpaired) electrons. The first-order chi connectivity index (χ1) is 21.9. The van der Waals surface area contributed by atoms with Crippen LogP contribution in [-0.4, -0.2) is 72.4 Å². The van der Waals surface area contributed by atoms with E-state index in [0.717, 1.165) is 80.7 Å². The molecule has 10 nitrogen and oxygen atoms in total. The zero-order valence-corrected chi connectivity index (χ0v) is 26.3. The minimum Gasteiger partial charge on any atom is -0.384 e. The van der Waals surface area contributed by atoms with Crippen LogP contribution in [0.2, 0.25) is 0 Å². The Balaban J connectivity index is 1.23. The number of nitrogens with one attached hydrogen (secondary N) is 2. The van der Waals surface area contributed by atoms with Gasteiger partial charge in [0.15, 0.2) is 0 Å². The number of methoxy groups -OCH3 is 1. The average molecular weight is 628 g/mol. The van der Waals surface area contributed by atoms with Crippen LogP contribution in [0.25, 0.3) is 0 Å². The van der Waals surface area contributed by atoms with E-state index in [1.165, 1.54) is 4.90 Å². The predicted molar refractivity (Wildman–Crippen MR) is 175 cm³/mol. The van der Waals surface area contributed by atoms with E-state index < -0.39 is 0 Å². The monoisotopic (exact) mass is 627 g/mol. The fraction of sp³-hybridized carbons (Fsp3) is 0.382. The van der Waals surface area contributed by atoms with Crippen molar-refractivity contribution in [2.75, 3.05) is 44.0 Å². The summed E-state index contributed by atoms with van der Waals surface area (Å²) in [5.74, 6) is 0.654. The summed E-state index contributed by atoms with van der Waals surface area (Å²) in [6.07, 6.45) is 5.04. The molecule has 3 aliphatic rings. The maximum absolute atomic E-state index is 13.6. The number of para-hydroxylation sites is 1. The standard InChI is InChI=1S/C34H38N6O4S/c1-44-21-22-14-16-39(17-15-22)28-20-27(32(41)38-45-19-18-40-33(42)25-12-5-6-13-26(25)34(40)43)37-31(36-24-10-3-2-4-11-24)29(28)30(35)23-8-7-9-23/h2-6,10-13,20,22-23,35H,7-9,14-19,21H2,1H3,(H,36,37)(H,38,41)/p+1. The Morgan fingerprint density at radius 1 is 1.02 bits per heavy atom. The molecular formula is C34H39N6O4S+. The summed E-state index contributed by atoms with van der Waals surface area (Å²) in [7, 11) is 1.74. The Kier molecular flexibility index (Phi) is 9.58. The highest BCUT2D eigenvalue weighted by molar-refractivity contribution is 7.97. The van der Waals surface area contributed by atoms with Crippen LogP contribution in [0, 0.1) is 17.2 Å². The van der Waals surface area contributed by atoms with Gasteiger partial charge in [0.25, 0.3) is 17.7 Å². The number of nitrogens with two attached hydrogens (primary N) is 1. The van der Waals surface area contributed by atoms with E-state index in [2.05, 4.69) is 9.62 Å². The molecule has 6 rings (SSSR count). The van der Waals surface area contributed by atoms with Crippen LogP contribution in [0.15, 0.2) is 60.7 Å². The predicted octanol–water partition coefficient (Wildman–Crippen LogP) is 4.31. The molecule has 4 N–H and O–H groups in total. The first kappa shape index (κ1) is 30.9. The Morgan fingerprint density at radius 3 is 2.31 bits per heavy atom. The van der Waals surface area contributed by atoms with Gasteiger partial charge >= 0.3 is 0 Å². The lowest BCUT2D eigenvalue weighted by Crippen LogP contribution is -2.72. The van der Waals surface area contributed by atoms with Gasteiger partial charge in [0.05, 0.1) is 22.5 Å². The second kappa shape index (κ2) is 13.9. The molecule has 11 heteroatoms. The van der Waals surface area contributed by atoms with Crippen LogP contribution in [0.5, 0.6) is 0 Å². The number of hydrogen-bond acceptors (Lipinski definition) is 8. The third kappa shape index (κ3) is 6.66. The molecule has 2 fully saturated rings. The molecule has 1 aromatic heterocycles. The third-order valence-corrected chi connectivity index (χ3v) is 9.68. The number of amides is 3. The zero-order valence-electron chi connectivity index (χ0n) is 25.5. The minimum atomic E-state index is -0.359. The number of piperidine rings is 1. The minimum absolute atomic E-state index is 0.177. The first-order valence-electron chi connectivity index (χ1n) is 15.6. The fourth-order valence-corrected chi connectivity index (χ4v) is 6.84. The molecule has 1 saturated heterocycles. The van der Waals surface area contributed by atoms with E-state index >= 15 is 0 Å². The van der Waals surface area contributed by atoms with Crippen molar-refractivity contribution < 1.29 is 24.4 Å². The van der Waals surface area contributed by atoms with Crippen LogP contribution in [0.4, 0.5) is 17.2 Å². The van der Waals surface area contributed by atoms with Gasteiger partial charge in [-0.05, 0) is 73.9 Å². The number of rotatable bonds is 12. The van der Waals surface area contributed by atoms with E-state index in [1.807, 2.05) is 41.7 Å². The molecule has 3 aromatic rings. The summed E-state index contributed by atoms with van der Waals surface area (Å²) in [4.78, 5) is 47.4. The van der Waals surface area contributed by atoms with Gasteiger partial charge in [0.2, 0.25) is 5.82 Å². The number of carbonyl (C=O) groups excluding carboxylic acids is 3. The van der Waals surface area contributed by atoms with Crippen molar-refractivity contribution in [3.63, 3.8) is 0 Å². The van der Waals surface area contributed by atoms with Gasteiger partial charge in [-0.3, -0.25) is 29.3 Å². The number of anilines is 1. The van der Waals surface area contributed by atoms with E-state index in [4.69, 9.17) is 9.72 Å². The molecule has 234 valence electrons. The van der Waals surface area contributed by atoms with Crippen molar-refractivity contribution >= 4 is 52.6 Å². The van der Waals surface area contributed by atoms with Crippen LogP contribution in [0.1, 0.15) is 68.9 Å². The second-order valence-corrected chi connectivity index (χ2v) is 12.8. The van der Waals surface area contributed by atoms with E-state index in [1.54, 1.807) is 31.4 Å². The van der Waals surface area contributed by atoms with Gasteiger partial charge in [-0.15, -0.1) is 0 Å². The average Bonchev–Trinajstić information content (AvgIpc) is 3.27. The lowest BCUT2D eigenvalue weighted by Gasteiger charge is -2.36. The molecular weight excluding hydrogens is 588 g/mol. The summed E-state index contributed by atoms with van der Waals surface area (Å²) in [5, 5.41) is 11.2. The number of pyridine rings is 1. The molecule has 45 heavy (non-hydrogen) atoms. The Bertz CT molecular complexity index is 1550. The molecule has 3 heterocycles. The number of carbonyl (C=O) groups is 3. The lowest BCUT2D eigenvalue weighted by atomic mass is 9.79. The Morgan fingerprint density at radius 2 is 1.69 bits per heavy atom. The normalized spacial score (nSPS) is 16.9. The molecule has 0 spiro atoms. The van der Waals surface area contributed by atoms with E-state index in [0.29, 0.717) is 34.3 Å². The van der Waals surface area contributed by atoms with Crippen LogP contribution in [-0.2, 0) is 4.74 Å². The van der Waals surface area contributed by atoms with Gasteiger partial charge < -0.3 is 15.0 Å². The largest absolute Gasteiger partial charge is 0.384 e. The van der Waals surface area contributed by atoms with Crippen LogP contribution in [0.3, 0.4) is 0 Å². The number of ether oxygens (including phenoxy) is 1. The summed E-state index contributed by atoms with van der Waals surface area (Å²) in [6.45, 7) is 2.53. The van der Waals surface area contributed by atoms with Crippen molar-refractivity contribution in [2.24, 2.45) is 11.8 Å². The number of quaternary nitrogens is 1. The van der Waals surface area contributed by atoms with Crippen LogP contribution >= 0.6 is 11.9 Å². The lowest BCUT2D eigenvalue weighted by molar-refractivity contribution is -0.483. The summed E-state index contributed by atoms with van der Waals surface area (Å²) in [5.41, 5.74) is 4.32. The van der Waals surface area contributed by atoms with Crippen molar-refractivity contribution in [1.82, 2.24) is 14.6 Å². The van der Waals surface area contributed by atoms with Gasteiger partial charge in [0, 0.05) is 45.0 Å². The van der Waals surface area contributed by atoms with E-state index in [-0.39, 0.29) is 35.9 Å². The zero-order chi connectivity index (χ0) is 31.3. The molecule has 2 aromatic carbocycles. The highest BCUT2D eigenvalue weighted by Gasteiger charge is 2.35. The SMILES string of the molecule is COCC1CCN(c2cc(C(=O)NSCCN3C(=O)c4ccccc4C3=O)nc([NH2+]c3ccccc3)c2C(=N)C2CCC2)CC1. The molecule has 0 bridgehead atoms. The smallest absolute Gasteiger partial charge is 0.280 e. The molecule has 1 aliphatic carbocycles. The number of aromatic nitrogens is 1. The second-order valence-electron chi connectivity index (χ2n) is 11.9. The quantitative estimate of drug-likeness (QED) is 0.0896. The number of benzene rings is 2.